The van der Waals surface area contributed by atoms with Crippen LogP contribution in [-0.2, 0) is 22.9 Å². The van der Waals surface area contributed by atoms with Gasteiger partial charge in [0.2, 0.25) is 10.0 Å². The number of hydrogen-bond donors (Lipinski definition) is 1. The van der Waals surface area contributed by atoms with Gasteiger partial charge in [-0.15, -0.1) is 11.3 Å². The first-order chi connectivity index (χ1) is 12.7. The Morgan fingerprint density at radius 1 is 1.30 bits per heavy atom. The summed E-state index contributed by atoms with van der Waals surface area (Å²) in [6, 6.07) is 6.40. The van der Waals surface area contributed by atoms with Crippen molar-refractivity contribution in [2.75, 3.05) is 26.5 Å². The fourth-order valence-electron chi connectivity index (χ4n) is 3.16. The van der Waals surface area contributed by atoms with Gasteiger partial charge >= 0.3 is 0 Å². The van der Waals surface area contributed by atoms with Crippen LogP contribution in [0.5, 0.6) is 5.75 Å². The van der Waals surface area contributed by atoms with E-state index in [2.05, 4.69) is 12.2 Å². The Labute approximate surface area is 164 Å². The van der Waals surface area contributed by atoms with Gasteiger partial charge in [0, 0.05) is 19.0 Å². The molecule has 1 N–H and O–H groups in total. The maximum atomic E-state index is 12.8. The molecule has 6 nitrogen and oxygen atoms in total. The zero-order valence-corrected chi connectivity index (χ0v) is 17.5. The molecule has 1 aromatic carbocycles. The van der Waals surface area contributed by atoms with Crippen molar-refractivity contribution >= 4 is 33.0 Å². The maximum Gasteiger partial charge on any atom is 0.265 e. The number of sulfonamides is 1. The van der Waals surface area contributed by atoms with Crippen molar-refractivity contribution in [1.29, 1.82) is 0 Å². The van der Waals surface area contributed by atoms with Crippen LogP contribution in [0.3, 0.4) is 0 Å². The minimum absolute atomic E-state index is 0.0999. The van der Waals surface area contributed by atoms with Crippen LogP contribution in [0.15, 0.2) is 29.2 Å². The highest BCUT2D eigenvalue weighted by atomic mass is 32.2. The summed E-state index contributed by atoms with van der Waals surface area (Å²) in [4.78, 5) is 14.8. The fourth-order valence-corrected chi connectivity index (χ4v) is 5.19. The second kappa shape index (κ2) is 7.61. The third-order valence-corrected chi connectivity index (χ3v) is 7.80. The van der Waals surface area contributed by atoms with Crippen molar-refractivity contribution in [2.45, 2.75) is 31.1 Å². The van der Waals surface area contributed by atoms with Gasteiger partial charge in [-0.05, 0) is 55.0 Å². The number of fused-ring (bicyclic) bond motifs is 1. The molecule has 0 saturated carbocycles. The third kappa shape index (κ3) is 4.02. The Morgan fingerprint density at radius 3 is 2.70 bits per heavy atom. The molecule has 1 atom stereocenters. The number of carbonyl (C=O) groups is 1. The van der Waals surface area contributed by atoms with Gasteiger partial charge in [-0.2, -0.15) is 0 Å². The van der Waals surface area contributed by atoms with Crippen molar-refractivity contribution in [3.05, 3.63) is 39.6 Å². The zero-order chi connectivity index (χ0) is 19.8. The number of methoxy groups -OCH3 is 1. The number of ether oxygens (including phenoxy) is 1. The van der Waals surface area contributed by atoms with Gasteiger partial charge in [-0.1, -0.05) is 6.92 Å². The third-order valence-electron chi connectivity index (χ3n) is 4.75. The summed E-state index contributed by atoms with van der Waals surface area (Å²) in [6.45, 7) is 2.22. The standard InChI is InChI=1S/C19H24N2O4S2/c1-12-5-8-17-13(9-12)10-18(26-17)19(22)20-15-11-14(6-7-16(15)25-4)27(23,24)21(2)3/h6-7,10-12H,5,8-9H2,1-4H3,(H,20,22). The molecule has 0 bridgehead atoms. The number of thiophene rings is 1. The number of hydrogen-bond acceptors (Lipinski definition) is 5. The minimum Gasteiger partial charge on any atom is -0.495 e. The first-order valence-corrected chi connectivity index (χ1v) is 11.0. The van der Waals surface area contributed by atoms with E-state index in [1.54, 1.807) is 6.07 Å². The van der Waals surface area contributed by atoms with Crippen LogP contribution in [-0.4, -0.2) is 39.8 Å². The molecule has 3 rings (SSSR count). The lowest BCUT2D eigenvalue weighted by Gasteiger charge is -2.16. The Balaban J connectivity index is 1.89. The first kappa shape index (κ1) is 19.9. The van der Waals surface area contributed by atoms with Crippen LogP contribution in [0.1, 0.15) is 33.5 Å². The highest BCUT2D eigenvalue weighted by Gasteiger charge is 2.23. The quantitative estimate of drug-likeness (QED) is 0.823. The molecule has 1 amide bonds. The summed E-state index contributed by atoms with van der Waals surface area (Å²) in [5.41, 5.74) is 1.59. The van der Waals surface area contributed by atoms with Gasteiger partial charge < -0.3 is 10.1 Å². The van der Waals surface area contributed by atoms with Crippen LogP contribution in [0.4, 0.5) is 5.69 Å². The summed E-state index contributed by atoms with van der Waals surface area (Å²) < 4.78 is 31.2. The first-order valence-electron chi connectivity index (χ1n) is 8.76. The fraction of sp³-hybridized carbons (Fsp3) is 0.421. The van der Waals surface area contributed by atoms with Crippen molar-refractivity contribution < 1.29 is 17.9 Å². The minimum atomic E-state index is -3.60. The molecule has 1 heterocycles. The van der Waals surface area contributed by atoms with Crippen LogP contribution < -0.4 is 10.1 Å². The Bertz CT molecular complexity index is 964. The highest BCUT2D eigenvalue weighted by molar-refractivity contribution is 7.89. The Kier molecular flexibility index (Phi) is 5.60. The number of nitrogens with zero attached hydrogens (tertiary/aromatic N) is 1. The Hall–Kier alpha value is -1.90. The maximum absolute atomic E-state index is 12.8. The van der Waals surface area contributed by atoms with E-state index >= 15 is 0 Å². The molecule has 27 heavy (non-hydrogen) atoms. The molecule has 0 radical (unpaired) electrons. The summed E-state index contributed by atoms with van der Waals surface area (Å²) in [5.74, 6) is 0.798. The van der Waals surface area contributed by atoms with E-state index in [1.165, 1.54) is 55.1 Å². The molecule has 1 unspecified atom stereocenters. The normalized spacial score (nSPS) is 16.9. The lowest BCUT2D eigenvalue weighted by molar-refractivity contribution is 0.103. The number of carbonyl (C=O) groups excluding carboxylic acids is 1. The summed E-state index contributed by atoms with van der Waals surface area (Å²) in [6.07, 6.45) is 3.15. The molecule has 1 aliphatic rings. The number of nitrogens with one attached hydrogen (secondary N) is 1. The zero-order valence-electron chi connectivity index (χ0n) is 15.9. The average molecular weight is 409 g/mol. The van der Waals surface area contributed by atoms with Gasteiger partial charge in [0.25, 0.3) is 5.91 Å². The molecule has 0 saturated heterocycles. The molecule has 0 fully saturated rings. The molecule has 1 aromatic heterocycles. The summed E-state index contributed by atoms with van der Waals surface area (Å²) >= 11 is 1.51. The number of amides is 1. The van der Waals surface area contributed by atoms with E-state index in [1.807, 2.05) is 6.07 Å². The smallest absolute Gasteiger partial charge is 0.265 e. The van der Waals surface area contributed by atoms with Crippen molar-refractivity contribution in [3.63, 3.8) is 0 Å². The Morgan fingerprint density at radius 2 is 2.04 bits per heavy atom. The predicted octanol–water partition coefficient (Wildman–Crippen LogP) is 3.38. The SMILES string of the molecule is COc1ccc(S(=O)(=O)N(C)C)cc1NC(=O)c1cc2c(s1)CCC(C)C2. The molecule has 8 heteroatoms. The number of rotatable bonds is 5. The number of anilines is 1. The number of aryl methyl sites for hydroxylation is 1. The molecule has 2 aromatic rings. The van der Waals surface area contributed by atoms with Crippen LogP contribution in [0, 0.1) is 5.92 Å². The topological polar surface area (TPSA) is 75.7 Å². The van der Waals surface area contributed by atoms with E-state index in [-0.39, 0.29) is 10.8 Å². The average Bonchev–Trinajstić information content (AvgIpc) is 3.04. The second-order valence-corrected chi connectivity index (χ2v) is 10.3. The summed E-state index contributed by atoms with van der Waals surface area (Å²) in [5, 5.41) is 2.81. The van der Waals surface area contributed by atoms with Gasteiger partial charge in [-0.3, -0.25) is 4.79 Å². The van der Waals surface area contributed by atoms with Crippen molar-refractivity contribution in [1.82, 2.24) is 4.31 Å². The lowest BCUT2D eigenvalue weighted by atomic mass is 9.90. The van der Waals surface area contributed by atoms with E-state index in [4.69, 9.17) is 4.74 Å². The van der Waals surface area contributed by atoms with E-state index in [0.29, 0.717) is 22.2 Å². The van der Waals surface area contributed by atoms with Gasteiger partial charge in [-0.25, -0.2) is 12.7 Å². The van der Waals surface area contributed by atoms with E-state index in [9.17, 15) is 13.2 Å². The monoisotopic (exact) mass is 408 g/mol. The van der Waals surface area contributed by atoms with E-state index in [0.717, 1.165) is 23.6 Å². The number of benzene rings is 1. The summed E-state index contributed by atoms with van der Waals surface area (Å²) in [7, 11) is 0.813. The van der Waals surface area contributed by atoms with Crippen molar-refractivity contribution in [3.8, 4) is 5.75 Å². The molecule has 0 spiro atoms. The highest BCUT2D eigenvalue weighted by Crippen LogP contribution is 2.34. The van der Waals surface area contributed by atoms with Crippen LogP contribution in [0.25, 0.3) is 0 Å². The van der Waals surface area contributed by atoms with Gasteiger partial charge in [0.15, 0.2) is 0 Å². The molecule has 146 valence electrons. The lowest BCUT2D eigenvalue weighted by Crippen LogP contribution is -2.22. The molecular formula is C19H24N2O4S2. The van der Waals surface area contributed by atoms with Gasteiger partial charge in [0.05, 0.1) is 22.6 Å². The van der Waals surface area contributed by atoms with E-state index < -0.39 is 10.0 Å². The van der Waals surface area contributed by atoms with Crippen LogP contribution in [0.2, 0.25) is 0 Å². The van der Waals surface area contributed by atoms with Crippen molar-refractivity contribution in [2.24, 2.45) is 5.92 Å². The second-order valence-electron chi connectivity index (χ2n) is 7.01. The molecule has 1 aliphatic carbocycles. The van der Waals surface area contributed by atoms with Gasteiger partial charge in [0.1, 0.15) is 5.75 Å². The van der Waals surface area contributed by atoms with Crippen LogP contribution >= 0.6 is 11.3 Å². The predicted molar refractivity (Wildman–Crippen MR) is 107 cm³/mol. The molecule has 0 aliphatic heterocycles. The largest absolute Gasteiger partial charge is 0.495 e. The molecular weight excluding hydrogens is 384 g/mol.